The lowest BCUT2D eigenvalue weighted by atomic mass is 10.1. The van der Waals surface area contributed by atoms with Crippen LogP contribution >= 0.6 is 0 Å². The number of fused-ring (bicyclic) bond motifs is 1. The van der Waals surface area contributed by atoms with Gasteiger partial charge in [0.15, 0.2) is 0 Å². The Morgan fingerprint density at radius 1 is 1.00 bits per heavy atom. The molecule has 0 amide bonds. The van der Waals surface area contributed by atoms with Gasteiger partial charge < -0.3 is 14.9 Å². The van der Waals surface area contributed by atoms with E-state index in [4.69, 9.17) is 29.6 Å². The monoisotopic (exact) mass is 518 g/mol. The van der Waals surface area contributed by atoms with Crippen molar-refractivity contribution >= 4 is 11.9 Å². The fourth-order valence-electron chi connectivity index (χ4n) is 4.02. The van der Waals surface area contributed by atoms with Gasteiger partial charge in [-0.05, 0) is 32.4 Å². The first kappa shape index (κ1) is 28.8. The van der Waals surface area contributed by atoms with Crippen LogP contribution in [0.25, 0.3) is 0 Å². The van der Waals surface area contributed by atoms with Crippen molar-refractivity contribution < 1.29 is 50.9 Å². The van der Waals surface area contributed by atoms with Crippen LogP contribution in [0.2, 0.25) is 0 Å². The first-order valence-electron chi connectivity index (χ1n) is 10.9. The molecule has 4 rings (SSSR count). The molecule has 1 aromatic heterocycles. The van der Waals surface area contributed by atoms with Crippen molar-refractivity contribution in [3.63, 3.8) is 0 Å². The zero-order chi connectivity index (χ0) is 26.4. The molecule has 2 N–H and O–H groups in total. The van der Waals surface area contributed by atoms with Gasteiger partial charge in [0.2, 0.25) is 0 Å². The topological polar surface area (TPSA) is 108 Å². The number of likely N-dealkylation sites (tertiary alicyclic amines) is 1. The first-order chi connectivity index (χ1) is 16.2. The average molecular weight is 518 g/mol. The maximum absolute atomic E-state index is 10.6. The highest BCUT2D eigenvalue weighted by Gasteiger charge is 2.39. The summed E-state index contributed by atoms with van der Waals surface area (Å²) in [7, 11) is 2.10. The largest absolute Gasteiger partial charge is 0.490 e. The molecule has 1 unspecified atom stereocenters. The van der Waals surface area contributed by atoms with Crippen molar-refractivity contribution in [2.45, 2.75) is 63.7 Å². The molecule has 15 heteroatoms. The van der Waals surface area contributed by atoms with Crippen molar-refractivity contribution in [2.24, 2.45) is 7.05 Å². The molecule has 1 aromatic rings. The third-order valence-electron chi connectivity index (χ3n) is 5.80. The van der Waals surface area contributed by atoms with Crippen LogP contribution in [-0.2, 0) is 41.0 Å². The number of aryl methyl sites for hydroxylation is 1. The first-order valence-corrected chi connectivity index (χ1v) is 10.9. The van der Waals surface area contributed by atoms with Crippen molar-refractivity contribution in [1.82, 2.24) is 19.6 Å². The molecule has 0 saturated carbocycles. The molecule has 0 aromatic carbocycles. The van der Waals surface area contributed by atoms with E-state index in [9.17, 15) is 26.3 Å². The highest BCUT2D eigenvalue weighted by atomic mass is 19.4. The van der Waals surface area contributed by atoms with Crippen LogP contribution in [0, 0.1) is 0 Å². The molecule has 4 heterocycles. The second-order valence-electron chi connectivity index (χ2n) is 8.36. The van der Waals surface area contributed by atoms with E-state index in [1.807, 2.05) is 0 Å². The molecular formula is C20H28F6N4O5. The number of carbonyl (C=O) groups is 2. The highest BCUT2D eigenvalue weighted by Crippen LogP contribution is 2.30. The molecule has 2 fully saturated rings. The van der Waals surface area contributed by atoms with Gasteiger partial charge in [0.05, 0.1) is 18.0 Å². The van der Waals surface area contributed by atoms with Crippen LogP contribution in [0.5, 0.6) is 0 Å². The maximum Gasteiger partial charge on any atom is 0.490 e. The minimum atomic E-state index is -5.08. The SMILES string of the molecule is Cn1nc(CN2CCCCC2)c2c1CN(C1CCOC1)C2.O=C(O)C(F)(F)F.O=C(O)C(F)(F)F. The second kappa shape index (κ2) is 12.0. The molecule has 0 radical (unpaired) electrons. The Morgan fingerprint density at radius 2 is 1.54 bits per heavy atom. The number of alkyl halides is 6. The average Bonchev–Trinajstić information content (AvgIpc) is 3.48. The number of rotatable bonds is 3. The normalized spacial score (nSPS) is 20.9. The van der Waals surface area contributed by atoms with E-state index < -0.39 is 24.3 Å². The molecule has 0 aliphatic carbocycles. The van der Waals surface area contributed by atoms with Gasteiger partial charge in [-0.3, -0.25) is 14.5 Å². The molecule has 0 bridgehead atoms. The van der Waals surface area contributed by atoms with Crippen molar-refractivity contribution in [3.05, 3.63) is 17.0 Å². The summed E-state index contributed by atoms with van der Waals surface area (Å²) in [6.07, 6.45) is -4.89. The molecule has 0 spiro atoms. The molecule has 3 aliphatic rings. The molecule has 3 aliphatic heterocycles. The minimum Gasteiger partial charge on any atom is -0.475 e. The van der Waals surface area contributed by atoms with E-state index >= 15 is 0 Å². The molecule has 1 atom stereocenters. The van der Waals surface area contributed by atoms with Gasteiger partial charge in [-0.2, -0.15) is 31.4 Å². The fraction of sp³-hybridized carbons (Fsp3) is 0.750. The lowest BCUT2D eigenvalue weighted by molar-refractivity contribution is -0.193. The van der Waals surface area contributed by atoms with Crippen LogP contribution in [0.4, 0.5) is 26.3 Å². The molecule has 200 valence electrons. The summed E-state index contributed by atoms with van der Waals surface area (Å²) < 4.78 is 71.1. The predicted octanol–water partition coefficient (Wildman–Crippen LogP) is 2.78. The summed E-state index contributed by atoms with van der Waals surface area (Å²) in [5.74, 6) is -5.51. The number of carboxylic acids is 2. The van der Waals surface area contributed by atoms with Crippen LogP contribution in [0.15, 0.2) is 0 Å². The van der Waals surface area contributed by atoms with Gasteiger partial charge in [-0.15, -0.1) is 0 Å². The van der Waals surface area contributed by atoms with Gasteiger partial charge in [-0.1, -0.05) is 6.42 Å². The Bertz CT molecular complexity index is 837. The predicted molar refractivity (Wildman–Crippen MR) is 108 cm³/mol. The number of piperidine rings is 1. The number of aliphatic carboxylic acids is 2. The van der Waals surface area contributed by atoms with Crippen molar-refractivity contribution in [3.8, 4) is 0 Å². The van der Waals surface area contributed by atoms with Gasteiger partial charge in [0, 0.05) is 44.9 Å². The van der Waals surface area contributed by atoms with Crippen LogP contribution in [0.3, 0.4) is 0 Å². The summed E-state index contributed by atoms with van der Waals surface area (Å²) in [6, 6.07) is 0.611. The number of halogens is 6. The number of nitrogens with zero attached hydrogens (tertiary/aromatic N) is 4. The Labute approximate surface area is 197 Å². The van der Waals surface area contributed by atoms with Gasteiger partial charge in [0.1, 0.15) is 0 Å². The Kier molecular flexibility index (Phi) is 9.92. The lowest BCUT2D eigenvalue weighted by Crippen LogP contribution is -2.32. The number of hydrogen-bond donors (Lipinski definition) is 2. The smallest absolute Gasteiger partial charge is 0.475 e. The summed E-state index contributed by atoms with van der Waals surface area (Å²) in [6.45, 7) is 7.47. The number of aromatic nitrogens is 2. The third-order valence-corrected chi connectivity index (χ3v) is 5.80. The van der Waals surface area contributed by atoms with Crippen molar-refractivity contribution in [2.75, 3.05) is 26.3 Å². The summed E-state index contributed by atoms with van der Waals surface area (Å²) in [5, 5.41) is 19.1. The maximum atomic E-state index is 10.6. The summed E-state index contributed by atoms with van der Waals surface area (Å²) in [5.41, 5.74) is 4.24. The lowest BCUT2D eigenvalue weighted by Gasteiger charge is -2.26. The van der Waals surface area contributed by atoms with E-state index in [2.05, 4.69) is 21.5 Å². The Morgan fingerprint density at radius 3 is 2.00 bits per heavy atom. The van der Waals surface area contributed by atoms with E-state index in [1.54, 1.807) is 0 Å². The van der Waals surface area contributed by atoms with Gasteiger partial charge in [0.25, 0.3) is 0 Å². The Balaban J connectivity index is 0.000000257. The molecule has 2 saturated heterocycles. The molecule has 9 nitrogen and oxygen atoms in total. The van der Waals surface area contributed by atoms with E-state index in [-0.39, 0.29) is 0 Å². The van der Waals surface area contributed by atoms with Crippen LogP contribution in [-0.4, -0.2) is 86.4 Å². The summed E-state index contributed by atoms with van der Waals surface area (Å²) in [4.78, 5) is 23.0. The van der Waals surface area contributed by atoms with Crippen LogP contribution in [0.1, 0.15) is 42.6 Å². The van der Waals surface area contributed by atoms with E-state index in [1.165, 1.54) is 55.7 Å². The quantitative estimate of drug-likeness (QED) is 0.589. The minimum absolute atomic E-state index is 0.611. The second-order valence-corrected chi connectivity index (χ2v) is 8.36. The number of hydrogen-bond acceptors (Lipinski definition) is 6. The summed E-state index contributed by atoms with van der Waals surface area (Å²) >= 11 is 0. The van der Waals surface area contributed by atoms with Gasteiger partial charge in [-0.25, -0.2) is 9.59 Å². The molecule has 35 heavy (non-hydrogen) atoms. The van der Waals surface area contributed by atoms with Crippen LogP contribution < -0.4 is 0 Å². The standard InChI is InChI=1S/C16H26N4O.2C2HF3O2/c1-18-16-11-20(13-5-8-21-12-13)9-14(16)15(17-18)10-19-6-3-2-4-7-19;2*3-2(4,5)1(6)7/h13H,2-12H2,1H3;2*(H,6,7). The molecular weight excluding hydrogens is 490 g/mol. The number of carboxylic acid groups (broad SMARTS) is 2. The zero-order valence-electron chi connectivity index (χ0n) is 19.0. The van der Waals surface area contributed by atoms with Gasteiger partial charge >= 0.3 is 24.3 Å². The fourth-order valence-corrected chi connectivity index (χ4v) is 4.02. The third kappa shape index (κ3) is 8.65. The van der Waals surface area contributed by atoms with Crippen molar-refractivity contribution in [1.29, 1.82) is 0 Å². The number of ether oxygens (including phenoxy) is 1. The Hall–Kier alpha value is -2.39. The zero-order valence-corrected chi connectivity index (χ0v) is 19.0. The van der Waals surface area contributed by atoms with E-state index in [0.29, 0.717) is 6.04 Å². The highest BCUT2D eigenvalue weighted by molar-refractivity contribution is 5.73. The van der Waals surface area contributed by atoms with E-state index in [0.717, 1.165) is 32.8 Å².